The maximum absolute atomic E-state index is 13.7. The maximum atomic E-state index is 13.7. The SMILES string of the molecule is CCC(C(=O)NC1CCCC1)N(Cc1ccccc1C)C(=O)CN(c1ccc(I)cc1)S(C)(=O)=O. The van der Waals surface area contributed by atoms with Crippen molar-refractivity contribution >= 4 is 50.1 Å². The Kier molecular flexibility index (Phi) is 9.57. The second-order valence-corrected chi connectivity index (χ2v) is 12.3. The lowest BCUT2D eigenvalue weighted by Crippen LogP contribution is -2.53. The number of sulfonamides is 1. The van der Waals surface area contributed by atoms with Crippen LogP contribution in [0, 0.1) is 10.5 Å². The molecular weight excluding hydrogens is 577 g/mol. The minimum Gasteiger partial charge on any atom is -0.352 e. The van der Waals surface area contributed by atoms with Gasteiger partial charge in [0.25, 0.3) is 0 Å². The van der Waals surface area contributed by atoms with E-state index in [1.165, 1.54) is 4.90 Å². The Balaban J connectivity index is 1.92. The fraction of sp³-hybridized carbons (Fsp3) is 0.462. The fourth-order valence-electron chi connectivity index (χ4n) is 4.48. The summed E-state index contributed by atoms with van der Waals surface area (Å²) in [7, 11) is -3.73. The van der Waals surface area contributed by atoms with Crippen molar-refractivity contribution in [2.45, 2.75) is 64.6 Å². The molecule has 3 rings (SSSR count). The number of aryl methyl sites for hydroxylation is 1. The molecule has 2 aromatic carbocycles. The van der Waals surface area contributed by atoms with Gasteiger partial charge in [-0.05, 0) is 84.2 Å². The second-order valence-electron chi connectivity index (χ2n) is 9.11. The lowest BCUT2D eigenvalue weighted by atomic mass is 10.1. The maximum Gasteiger partial charge on any atom is 0.244 e. The first-order valence-corrected chi connectivity index (χ1v) is 14.9. The van der Waals surface area contributed by atoms with Crippen LogP contribution >= 0.6 is 22.6 Å². The van der Waals surface area contributed by atoms with E-state index < -0.39 is 22.0 Å². The third-order valence-electron chi connectivity index (χ3n) is 6.48. The molecule has 35 heavy (non-hydrogen) atoms. The molecule has 2 aromatic rings. The molecule has 1 atom stereocenters. The monoisotopic (exact) mass is 611 g/mol. The Morgan fingerprint density at radius 3 is 2.29 bits per heavy atom. The standard InChI is InChI=1S/C26H34IN3O4S/c1-4-24(26(32)28-22-11-7-8-12-22)29(17-20-10-6-5-9-19(20)2)25(31)18-30(35(3,33)34)23-15-13-21(27)14-16-23/h5-6,9-10,13-16,22,24H,4,7-8,11-12,17-18H2,1-3H3,(H,28,32). The van der Waals surface area contributed by atoms with Crippen LogP contribution in [-0.4, -0.2) is 50.0 Å². The molecule has 0 radical (unpaired) electrons. The van der Waals surface area contributed by atoms with Crippen LogP contribution in [0.4, 0.5) is 5.69 Å². The molecule has 1 aliphatic carbocycles. The third-order valence-corrected chi connectivity index (χ3v) is 8.34. The van der Waals surface area contributed by atoms with Crippen molar-refractivity contribution in [2.24, 2.45) is 0 Å². The van der Waals surface area contributed by atoms with Crippen LogP contribution in [-0.2, 0) is 26.2 Å². The van der Waals surface area contributed by atoms with Crippen molar-refractivity contribution in [3.05, 3.63) is 63.2 Å². The van der Waals surface area contributed by atoms with Crippen LogP contribution in [0.2, 0.25) is 0 Å². The van der Waals surface area contributed by atoms with Gasteiger partial charge in [-0.25, -0.2) is 8.42 Å². The van der Waals surface area contributed by atoms with E-state index in [-0.39, 0.29) is 25.0 Å². The van der Waals surface area contributed by atoms with Crippen molar-refractivity contribution in [1.29, 1.82) is 0 Å². The van der Waals surface area contributed by atoms with Crippen LogP contribution in [0.15, 0.2) is 48.5 Å². The summed E-state index contributed by atoms with van der Waals surface area (Å²) in [6.45, 7) is 3.70. The molecule has 0 heterocycles. The number of carbonyl (C=O) groups is 2. The van der Waals surface area contributed by atoms with E-state index >= 15 is 0 Å². The summed E-state index contributed by atoms with van der Waals surface area (Å²) in [6.07, 6.45) is 5.59. The van der Waals surface area contributed by atoms with Gasteiger partial charge in [-0.3, -0.25) is 13.9 Å². The quantitative estimate of drug-likeness (QED) is 0.408. The minimum atomic E-state index is -3.73. The molecule has 7 nitrogen and oxygen atoms in total. The molecule has 1 N–H and O–H groups in total. The lowest BCUT2D eigenvalue weighted by Gasteiger charge is -2.33. The molecule has 2 amide bonds. The number of halogens is 1. The predicted octanol–water partition coefficient (Wildman–Crippen LogP) is 4.23. The van der Waals surface area contributed by atoms with E-state index in [4.69, 9.17) is 0 Å². The van der Waals surface area contributed by atoms with Gasteiger partial charge in [0.2, 0.25) is 21.8 Å². The number of hydrogen-bond donors (Lipinski definition) is 1. The van der Waals surface area contributed by atoms with Crippen molar-refractivity contribution < 1.29 is 18.0 Å². The highest BCUT2D eigenvalue weighted by Crippen LogP contribution is 2.22. The van der Waals surface area contributed by atoms with Crippen LogP contribution in [0.1, 0.15) is 50.2 Å². The second kappa shape index (κ2) is 12.2. The van der Waals surface area contributed by atoms with Crippen LogP contribution in [0.3, 0.4) is 0 Å². The largest absolute Gasteiger partial charge is 0.352 e. The molecule has 0 bridgehead atoms. The summed E-state index contributed by atoms with van der Waals surface area (Å²) in [5, 5.41) is 3.12. The minimum absolute atomic E-state index is 0.131. The lowest BCUT2D eigenvalue weighted by molar-refractivity contribution is -0.140. The molecule has 190 valence electrons. The smallest absolute Gasteiger partial charge is 0.244 e. The van der Waals surface area contributed by atoms with E-state index in [0.717, 1.165) is 50.9 Å². The number of rotatable bonds is 10. The van der Waals surface area contributed by atoms with Gasteiger partial charge < -0.3 is 10.2 Å². The van der Waals surface area contributed by atoms with E-state index in [2.05, 4.69) is 27.9 Å². The number of anilines is 1. The summed E-state index contributed by atoms with van der Waals surface area (Å²) >= 11 is 2.15. The van der Waals surface area contributed by atoms with Crippen LogP contribution in [0.5, 0.6) is 0 Å². The molecule has 1 saturated carbocycles. The predicted molar refractivity (Wildman–Crippen MR) is 148 cm³/mol. The van der Waals surface area contributed by atoms with Crippen molar-refractivity contribution in [3.63, 3.8) is 0 Å². The van der Waals surface area contributed by atoms with Crippen LogP contribution < -0.4 is 9.62 Å². The number of hydrogen-bond acceptors (Lipinski definition) is 4. The normalized spacial score (nSPS) is 15.0. The highest BCUT2D eigenvalue weighted by Gasteiger charge is 2.33. The van der Waals surface area contributed by atoms with Gasteiger partial charge in [-0.2, -0.15) is 0 Å². The molecule has 1 aliphatic rings. The molecule has 9 heteroatoms. The van der Waals surface area contributed by atoms with Crippen LogP contribution in [0.25, 0.3) is 0 Å². The number of carbonyl (C=O) groups excluding carboxylic acids is 2. The van der Waals surface area contributed by atoms with E-state index in [1.54, 1.807) is 24.3 Å². The molecule has 1 fully saturated rings. The highest BCUT2D eigenvalue weighted by molar-refractivity contribution is 14.1. The highest BCUT2D eigenvalue weighted by atomic mass is 127. The van der Waals surface area contributed by atoms with E-state index in [9.17, 15) is 18.0 Å². The van der Waals surface area contributed by atoms with Gasteiger partial charge in [0.1, 0.15) is 12.6 Å². The molecule has 0 saturated heterocycles. The zero-order valence-electron chi connectivity index (χ0n) is 20.5. The summed E-state index contributed by atoms with van der Waals surface area (Å²) in [6, 6.07) is 14.1. The molecule has 0 spiro atoms. The zero-order chi connectivity index (χ0) is 25.6. The van der Waals surface area contributed by atoms with Crippen molar-refractivity contribution in [3.8, 4) is 0 Å². The average Bonchev–Trinajstić information content (AvgIpc) is 3.31. The summed E-state index contributed by atoms with van der Waals surface area (Å²) in [5.74, 6) is -0.591. The number of amides is 2. The average molecular weight is 612 g/mol. The number of nitrogens with zero attached hydrogens (tertiary/aromatic N) is 2. The van der Waals surface area contributed by atoms with Gasteiger partial charge in [0, 0.05) is 16.2 Å². The van der Waals surface area contributed by atoms with Gasteiger partial charge in [-0.15, -0.1) is 0 Å². The zero-order valence-corrected chi connectivity index (χ0v) is 23.5. The first kappa shape index (κ1) is 27.4. The van der Waals surface area contributed by atoms with E-state index in [1.807, 2.05) is 38.1 Å². The molecule has 0 aliphatic heterocycles. The van der Waals surface area contributed by atoms with Crippen molar-refractivity contribution in [1.82, 2.24) is 10.2 Å². The topological polar surface area (TPSA) is 86.8 Å². The Labute approximate surface area is 222 Å². The number of nitrogens with one attached hydrogen (secondary N) is 1. The third kappa shape index (κ3) is 7.42. The van der Waals surface area contributed by atoms with Crippen molar-refractivity contribution in [2.75, 3.05) is 17.1 Å². The van der Waals surface area contributed by atoms with Gasteiger partial charge >= 0.3 is 0 Å². The Hall–Kier alpha value is -2.14. The molecular formula is C26H34IN3O4S. The summed E-state index contributed by atoms with van der Waals surface area (Å²) in [4.78, 5) is 28.6. The van der Waals surface area contributed by atoms with Gasteiger partial charge in [-0.1, -0.05) is 44.0 Å². The first-order valence-electron chi connectivity index (χ1n) is 12.0. The van der Waals surface area contributed by atoms with Gasteiger partial charge in [0.05, 0.1) is 11.9 Å². The Morgan fingerprint density at radius 2 is 1.71 bits per heavy atom. The van der Waals surface area contributed by atoms with E-state index in [0.29, 0.717) is 12.1 Å². The Morgan fingerprint density at radius 1 is 1.09 bits per heavy atom. The summed E-state index contributed by atoms with van der Waals surface area (Å²) < 4.78 is 27.4. The fourth-order valence-corrected chi connectivity index (χ4v) is 5.69. The first-order chi connectivity index (χ1) is 16.6. The molecule has 0 aromatic heterocycles. The van der Waals surface area contributed by atoms with Gasteiger partial charge in [0.15, 0.2) is 0 Å². The molecule has 1 unspecified atom stereocenters. The Bertz CT molecular complexity index is 1130. The number of benzene rings is 2. The summed E-state index contributed by atoms with van der Waals surface area (Å²) in [5.41, 5.74) is 2.35.